The summed E-state index contributed by atoms with van der Waals surface area (Å²) in [5.74, 6) is 1.79. The van der Waals surface area contributed by atoms with Crippen LogP contribution in [0.5, 0.6) is 0 Å². The average molecular weight is 309 g/mol. The largest absolute Gasteiger partial charge is 0.248 e. The molecule has 1 heterocycles. The van der Waals surface area contributed by atoms with E-state index in [9.17, 15) is 0 Å². The molecular weight excluding hydrogens is 294 g/mol. The summed E-state index contributed by atoms with van der Waals surface area (Å²) in [4.78, 5) is 4.26. The third kappa shape index (κ3) is 4.75. The molecule has 0 bridgehead atoms. The molecule has 1 aromatic heterocycles. The lowest BCUT2D eigenvalue weighted by molar-refractivity contribution is 0.597. The highest BCUT2D eigenvalue weighted by atomic mass is 79.9. The number of nitrogens with zero attached hydrogens (tertiary/aromatic N) is 1. The van der Waals surface area contributed by atoms with Gasteiger partial charge in [-0.3, -0.25) is 0 Å². The van der Waals surface area contributed by atoms with Crippen LogP contribution in [0.25, 0.3) is 0 Å². The smallest absolute Gasteiger partial charge is 0.115 e. The molecule has 84 valence electrons. The van der Waals surface area contributed by atoms with Crippen molar-refractivity contribution in [2.45, 2.75) is 24.8 Å². The second-order valence-corrected chi connectivity index (χ2v) is 5.47. The molecule has 1 aromatic rings. The minimum atomic E-state index is 0.707. The zero-order valence-electron chi connectivity index (χ0n) is 8.75. The summed E-state index contributed by atoms with van der Waals surface area (Å²) in [6.07, 6.45) is 4.27. The lowest BCUT2D eigenvalue weighted by Gasteiger charge is -2.11. The minimum Gasteiger partial charge on any atom is -0.248 e. The Labute approximate surface area is 109 Å². The first-order valence-electron chi connectivity index (χ1n) is 5.07. The molecule has 15 heavy (non-hydrogen) atoms. The highest BCUT2D eigenvalue weighted by Gasteiger charge is 2.08. The number of pyridine rings is 1. The second-order valence-electron chi connectivity index (χ2n) is 3.41. The van der Waals surface area contributed by atoms with Crippen LogP contribution in [0.4, 0.5) is 0 Å². The fourth-order valence-electron chi connectivity index (χ4n) is 1.29. The molecule has 0 aliphatic rings. The predicted octanol–water partition coefficient (Wildman–Crippen LogP) is 4.64. The van der Waals surface area contributed by atoms with Crippen LogP contribution in [0.3, 0.4) is 0 Å². The summed E-state index contributed by atoms with van der Waals surface area (Å²) in [5.41, 5.74) is 0. The van der Waals surface area contributed by atoms with E-state index in [1.807, 2.05) is 12.1 Å². The average Bonchev–Trinajstić information content (AvgIpc) is 2.26. The molecule has 0 N–H and O–H groups in total. The van der Waals surface area contributed by atoms with Gasteiger partial charge in [-0.25, -0.2) is 4.98 Å². The van der Waals surface area contributed by atoms with Gasteiger partial charge in [-0.1, -0.05) is 40.9 Å². The van der Waals surface area contributed by atoms with Crippen molar-refractivity contribution < 1.29 is 0 Å². The molecule has 1 atom stereocenters. The van der Waals surface area contributed by atoms with Crippen LogP contribution >= 0.6 is 39.3 Å². The van der Waals surface area contributed by atoms with Crippen LogP contribution in [0.15, 0.2) is 23.4 Å². The summed E-state index contributed by atoms with van der Waals surface area (Å²) in [7, 11) is 0. The fraction of sp³-hybridized carbons (Fsp3) is 0.545. The summed E-state index contributed by atoms with van der Waals surface area (Å²) in [5, 5.41) is 2.76. The van der Waals surface area contributed by atoms with E-state index in [4.69, 9.17) is 11.6 Å². The van der Waals surface area contributed by atoms with Gasteiger partial charge in [0.15, 0.2) is 0 Å². The molecule has 0 aromatic carbocycles. The maximum Gasteiger partial charge on any atom is 0.115 e. The zero-order valence-corrected chi connectivity index (χ0v) is 11.9. The van der Waals surface area contributed by atoms with Crippen LogP contribution in [-0.2, 0) is 0 Å². The van der Waals surface area contributed by atoms with Crippen molar-refractivity contribution in [2.24, 2.45) is 5.92 Å². The van der Waals surface area contributed by atoms with Gasteiger partial charge < -0.3 is 0 Å². The summed E-state index contributed by atoms with van der Waals surface area (Å²) < 4.78 is 0. The lowest BCUT2D eigenvalue weighted by atomic mass is 10.1. The quantitative estimate of drug-likeness (QED) is 0.561. The lowest BCUT2D eigenvalue weighted by Crippen LogP contribution is -2.04. The van der Waals surface area contributed by atoms with E-state index in [2.05, 4.69) is 27.8 Å². The zero-order chi connectivity index (χ0) is 11.1. The van der Waals surface area contributed by atoms with E-state index in [1.165, 1.54) is 12.8 Å². The first kappa shape index (κ1) is 13.3. The normalized spacial score (nSPS) is 12.7. The Hall–Kier alpha value is 0.270. The van der Waals surface area contributed by atoms with Crippen molar-refractivity contribution in [3.63, 3.8) is 0 Å². The molecule has 0 saturated heterocycles. The van der Waals surface area contributed by atoms with Gasteiger partial charge >= 0.3 is 0 Å². The molecule has 1 rings (SSSR count). The molecule has 1 nitrogen and oxygen atoms in total. The summed E-state index contributed by atoms with van der Waals surface area (Å²) in [6, 6.07) is 3.75. The summed E-state index contributed by atoms with van der Waals surface area (Å²) in [6.45, 7) is 2.22. The molecule has 0 saturated carbocycles. The Bertz CT molecular complexity index is 296. The van der Waals surface area contributed by atoms with Crippen molar-refractivity contribution in [3.8, 4) is 0 Å². The van der Waals surface area contributed by atoms with Crippen molar-refractivity contribution in [1.82, 2.24) is 4.98 Å². The van der Waals surface area contributed by atoms with E-state index in [1.54, 1.807) is 18.0 Å². The Kier molecular flexibility index (Phi) is 6.69. The first-order chi connectivity index (χ1) is 7.27. The highest BCUT2D eigenvalue weighted by molar-refractivity contribution is 9.09. The Morgan fingerprint density at radius 2 is 2.40 bits per heavy atom. The third-order valence-corrected chi connectivity index (χ3v) is 4.67. The Morgan fingerprint density at radius 3 is 3.00 bits per heavy atom. The van der Waals surface area contributed by atoms with E-state index in [0.717, 1.165) is 21.1 Å². The van der Waals surface area contributed by atoms with E-state index in [-0.39, 0.29) is 0 Å². The van der Waals surface area contributed by atoms with Crippen molar-refractivity contribution >= 4 is 39.3 Å². The molecule has 0 spiro atoms. The number of rotatable bonds is 6. The third-order valence-electron chi connectivity index (χ3n) is 2.10. The van der Waals surface area contributed by atoms with Crippen LogP contribution in [-0.4, -0.2) is 16.1 Å². The van der Waals surface area contributed by atoms with Gasteiger partial charge in [-0.2, -0.15) is 0 Å². The van der Waals surface area contributed by atoms with Gasteiger partial charge in [0, 0.05) is 17.3 Å². The molecule has 0 aliphatic carbocycles. The van der Waals surface area contributed by atoms with Gasteiger partial charge in [-0.05, 0) is 24.5 Å². The molecule has 0 amide bonds. The van der Waals surface area contributed by atoms with Crippen LogP contribution in [0.2, 0.25) is 5.02 Å². The van der Waals surface area contributed by atoms with Gasteiger partial charge in [0.1, 0.15) is 5.03 Å². The van der Waals surface area contributed by atoms with E-state index < -0.39 is 0 Å². The molecular formula is C11H15BrClNS. The maximum absolute atomic E-state index is 6.03. The van der Waals surface area contributed by atoms with Crippen molar-refractivity contribution in [3.05, 3.63) is 23.4 Å². The van der Waals surface area contributed by atoms with Crippen molar-refractivity contribution in [1.29, 1.82) is 0 Å². The number of alkyl halides is 1. The van der Waals surface area contributed by atoms with E-state index in [0.29, 0.717) is 5.92 Å². The monoisotopic (exact) mass is 307 g/mol. The number of halogens is 2. The topological polar surface area (TPSA) is 12.9 Å². The maximum atomic E-state index is 6.03. The summed E-state index contributed by atoms with van der Waals surface area (Å²) >= 11 is 11.3. The second kappa shape index (κ2) is 7.53. The number of aromatic nitrogens is 1. The molecule has 0 aliphatic heterocycles. The molecule has 1 unspecified atom stereocenters. The van der Waals surface area contributed by atoms with Gasteiger partial charge in [0.2, 0.25) is 0 Å². The number of thioether (sulfide) groups is 1. The van der Waals surface area contributed by atoms with Crippen molar-refractivity contribution in [2.75, 3.05) is 11.1 Å². The van der Waals surface area contributed by atoms with E-state index >= 15 is 0 Å². The molecule has 0 fully saturated rings. The van der Waals surface area contributed by atoms with Crippen LogP contribution in [0, 0.1) is 5.92 Å². The number of hydrogen-bond acceptors (Lipinski definition) is 2. The van der Waals surface area contributed by atoms with Gasteiger partial charge in [0.25, 0.3) is 0 Å². The van der Waals surface area contributed by atoms with Gasteiger partial charge in [0.05, 0.1) is 5.02 Å². The standard InChI is InChI=1S/C11H15BrClNS/c1-2-4-9(7-12)8-15-11-10(13)5-3-6-14-11/h3,5-6,9H,2,4,7-8H2,1H3. The first-order valence-corrected chi connectivity index (χ1v) is 7.55. The van der Waals surface area contributed by atoms with Crippen LogP contribution < -0.4 is 0 Å². The van der Waals surface area contributed by atoms with Crippen LogP contribution in [0.1, 0.15) is 19.8 Å². The fourth-order valence-corrected chi connectivity index (χ4v) is 3.45. The predicted molar refractivity (Wildman–Crippen MR) is 72.2 cm³/mol. The minimum absolute atomic E-state index is 0.707. The molecule has 0 radical (unpaired) electrons. The SMILES string of the molecule is CCCC(CBr)CSc1ncccc1Cl. The highest BCUT2D eigenvalue weighted by Crippen LogP contribution is 2.27. The molecule has 4 heteroatoms. The Morgan fingerprint density at radius 1 is 1.60 bits per heavy atom. The number of hydrogen-bond donors (Lipinski definition) is 0. The van der Waals surface area contributed by atoms with Gasteiger partial charge in [-0.15, -0.1) is 11.8 Å². The Balaban J connectivity index is 2.45.